The molecular weight excluding hydrogens is 378 g/mol. The van der Waals surface area contributed by atoms with Gasteiger partial charge in [0.05, 0.1) is 12.4 Å². The van der Waals surface area contributed by atoms with Crippen molar-refractivity contribution in [1.29, 1.82) is 0 Å². The van der Waals surface area contributed by atoms with Crippen molar-refractivity contribution in [3.63, 3.8) is 0 Å². The van der Waals surface area contributed by atoms with Crippen LogP contribution in [0.25, 0.3) is 0 Å². The first-order chi connectivity index (χ1) is 9.23. The Bertz CT molecular complexity index is 566. The number of benzene rings is 1. The molecule has 0 spiro atoms. The van der Waals surface area contributed by atoms with E-state index in [9.17, 15) is 17.2 Å². The summed E-state index contributed by atoms with van der Waals surface area (Å²) in [5, 5.41) is 0. The van der Waals surface area contributed by atoms with Gasteiger partial charge in [-0.1, -0.05) is 29.3 Å². The van der Waals surface area contributed by atoms with E-state index in [-0.39, 0.29) is 24.0 Å². The molecule has 1 atom stereocenters. The summed E-state index contributed by atoms with van der Waals surface area (Å²) in [6, 6.07) is 2.27. The minimum absolute atomic E-state index is 0.0490. The van der Waals surface area contributed by atoms with Gasteiger partial charge in [0.15, 0.2) is 11.6 Å². The van der Waals surface area contributed by atoms with Crippen molar-refractivity contribution in [2.45, 2.75) is 19.8 Å². The van der Waals surface area contributed by atoms with Crippen LogP contribution in [-0.2, 0) is 9.05 Å². The number of rotatable bonds is 7. The highest BCUT2D eigenvalue weighted by atomic mass is 79.9. The van der Waals surface area contributed by atoms with Gasteiger partial charge in [-0.15, -0.1) is 0 Å². The van der Waals surface area contributed by atoms with E-state index in [1.807, 2.05) is 6.92 Å². The Morgan fingerprint density at radius 2 is 2.05 bits per heavy atom. The van der Waals surface area contributed by atoms with Crippen LogP contribution in [0.4, 0.5) is 8.78 Å². The van der Waals surface area contributed by atoms with Gasteiger partial charge in [-0.25, -0.2) is 12.8 Å². The summed E-state index contributed by atoms with van der Waals surface area (Å²) in [5.74, 6) is -3.03. The highest BCUT2D eigenvalue weighted by Gasteiger charge is 2.19. The van der Waals surface area contributed by atoms with Crippen molar-refractivity contribution < 1.29 is 21.9 Å². The number of hydrogen-bond donors (Lipinski definition) is 0. The summed E-state index contributed by atoms with van der Waals surface area (Å²) < 4.78 is 54.3. The molecule has 0 aromatic heterocycles. The second kappa shape index (κ2) is 7.56. The zero-order valence-corrected chi connectivity index (χ0v) is 13.9. The lowest BCUT2D eigenvalue weighted by molar-refractivity contribution is 0.240. The third-order valence-corrected chi connectivity index (χ3v) is 4.27. The fraction of sp³-hybridized carbons (Fsp3) is 0.500. The van der Waals surface area contributed by atoms with Crippen LogP contribution in [0.15, 0.2) is 16.6 Å². The lowest BCUT2D eigenvalue weighted by Gasteiger charge is -2.16. The molecule has 114 valence electrons. The highest BCUT2D eigenvalue weighted by molar-refractivity contribution is 9.10. The van der Waals surface area contributed by atoms with Crippen molar-refractivity contribution in [2.75, 3.05) is 12.4 Å². The molecule has 0 aliphatic carbocycles. The van der Waals surface area contributed by atoms with Gasteiger partial charge < -0.3 is 4.74 Å². The van der Waals surface area contributed by atoms with Gasteiger partial charge in [0.2, 0.25) is 14.9 Å². The molecule has 1 aromatic rings. The lowest BCUT2D eigenvalue weighted by Crippen LogP contribution is -2.20. The van der Waals surface area contributed by atoms with Crippen LogP contribution in [0.2, 0.25) is 0 Å². The van der Waals surface area contributed by atoms with Crippen LogP contribution in [0, 0.1) is 17.6 Å². The molecule has 0 aliphatic heterocycles. The van der Waals surface area contributed by atoms with Crippen molar-refractivity contribution in [3.8, 4) is 5.75 Å². The van der Waals surface area contributed by atoms with E-state index in [0.717, 1.165) is 12.5 Å². The zero-order chi connectivity index (χ0) is 15.3. The number of hydrogen-bond acceptors (Lipinski definition) is 3. The van der Waals surface area contributed by atoms with Crippen molar-refractivity contribution >= 4 is 35.7 Å². The third kappa shape index (κ3) is 5.93. The average molecular weight is 392 g/mol. The molecule has 0 amide bonds. The molecule has 3 nitrogen and oxygen atoms in total. The number of ether oxygens (including phenoxy) is 1. The van der Waals surface area contributed by atoms with Crippen LogP contribution in [0.3, 0.4) is 0 Å². The Balaban J connectivity index is 2.77. The zero-order valence-electron chi connectivity index (χ0n) is 10.7. The normalized spacial score (nSPS) is 13.2. The van der Waals surface area contributed by atoms with E-state index in [1.165, 1.54) is 6.07 Å². The van der Waals surface area contributed by atoms with Gasteiger partial charge in [0.1, 0.15) is 0 Å². The van der Waals surface area contributed by atoms with Gasteiger partial charge >= 0.3 is 0 Å². The minimum Gasteiger partial charge on any atom is -0.490 e. The van der Waals surface area contributed by atoms with Crippen LogP contribution in [-0.4, -0.2) is 20.8 Å². The minimum atomic E-state index is -3.66. The first-order valence-electron chi connectivity index (χ1n) is 5.92. The fourth-order valence-electron chi connectivity index (χ4n) is 1.75. The molecule has 0 radical (unpaired) electrons. The molecule has 8 heteroatoms. The fourth-order valence-corrected chi connectivity index (χ4v) is 3.52. The average Bonchev–Trinajstić information content (AvgIpc) is 2.30. The summed E-state index contributed by atoms with van der Waals surface area (Å²) in [6.45, 7) is 1.83. The van der Waals surface area contributed by atoms with E-state index in [2.05, 4.69) is 15.9 Å². The second-order valence-electron chi connectivity index (χ2n) is 4.37. The molecule has 1 aromatic carbocycles. The van der Waals surface area contributed by atoms with Crippen LogP contribution in [0.5, 0.6) is 5.75 Å². The van der Waals surface area contributed by atoms with Gasteiger partial charge in [-0.05, 0) is 18.6 Å². The van der Waals surface area contributed by atoms with Gasteiger partial charge in [0.25, 0.3) is 0 Å². The Morgan fingerprint density at radius 1 is 1.40 bits per heavy atom. The van der Waals surface area contributed by atoms with Gasteiger partial charge in [0, 0.05) is 21.1 Å². The van der Waals surface area contributed by atoms with E-state index in [4.69, 9.17) is 15.4 Å². The third-order valence-electron chi connectivity index (χ3n) is 2.57. The summed E-state index contributed by atoms with van der Waals surface area (Å²) in [7, 11) is 1.54. The monoisotopic (exact) mass is 390 g/mol. The smallest absolute Gasteiger partial charge is 0.232 e. The molecule has 0 aliphatic rings. The van der Waals surface area contributed by atoms with E-state index < -0.39 is 20.7 Å². The second-order valence-corrected chi connectivity index (χ2v) is 8.11. The van der Waals surface area contributed by atoms with E-state index >= 15 is 0 Å². The first kappa shape index (κ1) is 17.7. The molecule has 0 fully saturated rings. The Morgan fingerprint density at radius 3 is 2.60 bits per heavy atom. The predicted octanol–water partition coefficient (Wildman–Crippen LogP) is 4.09. The summed E-state index contributed by atoms with van der Waals surface area (Å²) in [4.78, 5) is 0. The van der Waals surface area contributed by atoms with Crippen LogP contribution in [0.1, 0.15) is 19.8 Å². The highest BCUT2D eigenvalue weighted by Crippen LogP contribution is 2.26. The van der Waals surface area contributed by atoms with Crippen LogP contribution < -0.4 is 4.74 Å². The SMILES string of the molecule is CCCC(COc1cc(Br)cc(F)c1F)CS(=O)(=O)Cl. The maximum Gasteiger partial charge on any atom is 0.232 e. The molecule has 0 bridgehead atoms. The maximum absolute atomic E-state index is 13.5. The van der Waals surface area contributed by atoms with Crippen LogP contribution >= 0.6 is 26.6 Å². The molecule has 1 rings (SSSR count). The molecule has 0 N–H and O–H groups in total. The predicted molar refractivity (Wildman–Crippen MR) is 77.6 cm³/mol. The molecule has 0 saturated carbocycles. The Kier molecular flexibility index (Phi) is 6.68. The van der Waals surface area contributed by atoms with Crippen molar-refractivity contribution in [3.05, 3.63) is 28.2 Å². The summed E-state index contributed by atoms with van der Waals surface area (Å²) >= 11 is 3.03. The number of halogens is 4. The summed E-state index contributed by atoms with van der Waals surface area (Å²) in [5.41, 5.74) is 0. The standard InChI is InChI=1S/C12H14BrClF2O3S/c1-2-3-8(7-20(14,17)18)6-19-11-5-9(13)4-10(15)12(11)16/h4-5,8H,2-3,6-7H2,1H3. The lowest BCUT2D eigenvalue weighted by atomic mass is 10.1. The quantitative estimate of drug-likeness (QED) is 0.519. The Labute approximate surface area is 129 Å². The molecule has 0 saturated heterocycles. The van der Waals surface area contributed by atoms with E-state index in [0.29, 0.717) is 10.9 Å². The van der Waals surface area contributed by atoms with Gasteiger partial charge in [-0.2, -0.15) is 4.39 Å². The maximum atomic E-state index is 13.5. The van der Waals surface area contributed by atoms with E-state index in [1.54, 1.807) is 0 Å². The molecular formula is C12H14BrClF2O3S. The molecule has 20 heavy (non-hydrogen) atoms. The van der Waals surface area contributed by atoms with Crippen molar-refractivity contribution in [1.82, 2.24) is 0 Å². The first-order valence-corrected chi connectivity index (χ1v) is 9.19. The summed E-state index contributed by atoms with van der Waals surface area (Å²) in [6.07, 6.45) is 1.29. The topological polar surface area (TPSA) is 43.4 Å². The molecule has 1 unspecified atom stereocenters. The van der Waals surface area contributed by atoms with Gasteiger partial charge in [-0.3, -0.25) is 0 Å². The largest absolute Gasteiger partial charge is 0.490 e. The van der Waals surface area contributed by atoms with Crippen molar-refractivity contribution in [2.24, 2.45) is 5.92 Å². The Hall–Kier alpha value is -0.400. The molecule has 0 heterocycles.